The minimum atomic E-state index is -0.877. The van der Waals surface area contributed by atoms with Crippen molar-refractivity contribution in [3.05, 3.63) is 39.6 Å². The number of aryl methyl sites for hydroxylation is 1. The Morgan fingerprint density at radius 1 is 1.64 bits per heavy atom. The summed E-state index contributed by atoms with van der Waals surface area (Å²) in [6.45, 7) is 3.44. The van der Waals surface area contributed by atoms with Crippen molar-refractivity contribution in [2.45, 2.75) is 32.1 Å². The molecule has 0 radical (unpaired) electrons. The summed E-state index contributed by atoms with van der Waals surface area (Å²) in [5.41, 5.74) is 3.57. The maximum absolute atomic E-state index is 14.0. The zero-order chi connectivity index (χ0) is 18.0. The Morgan fingerprint density at radius 3 is 3.08 bits per heavy atom. The lowest BCUT2D eigenvalue weighted by molar-refractivity contribution is 0.0745. The molecule has 3 rings (SSSR count). The first-order valence-corrected chi connectivity index (χ1v) is 8.97. The number of carbonyl (C=O) groups excluding carboxylic acids is 1. The second-order valence-corrected chi connectivity index (χ2v) is 7.32. The monoisotopic (exact) mass is 361 g/mol. The van der Waals surface area contributed by atoms with Crippen molar-refractivity contribution in [3.8, 4) is 6.07 Å². The van der Waals surface area contributed by atoms with E-state index in [0.717, 1.165) is 10.6 Å². The largest absolute Gasteiger partial charge is 0.356 e. The van der Waals surface area contributed by atoms with Crippen LogP contribution in [0.1, 0.15) is 33.0 Å². The molecule has 0 aliphatic carbocycles. The average Bonchev–Trinajstić information content (AvgIpc) is 3.29. The number of thiazole rings is 1. The van der Waals surface area contributed by atoms with Crippen molar-refractivity contribution in [1.82, 2.24) is 19.8 Å². The molecule has 1 N–H and O–H groups in total. The Morgan fingerprint density at radius 2 is 2.44 bits per heavy atom. The molecule has 0 bridgehead atoms. The molecule has 0 spiro atoms. The van der Waals surface area contributed by atoms with E-state index in [2.05, 4.69) is 14.9 Å². The van der Waals surface area contributed by atoms with Crippen molar-refractivity contribution in [2.24, 2.45) is 0 Å². The van der Waals surface area contributed by atoms with Gasteiger partial charge in [-0.3, -0.25) is 9.69 Å². The fourth-order valence-corrected chi connectivity index (χ4v) is 3.96. The maximum atomic E-state index is 14.0. The molecular weight excluding hydrogens is 341 g/mol. The Kier molecular flexibility index (Phi) is 5.16. The second kappa shape index (κ2) is 7.33. The lowest BCUT2D eigenvalue weighted by atomic mass is 10.2. The number of nitriles is 1. The number of carbonyl (C=O) groups is 1. The highest BCUT2D eigenvalue weighted by molar-refractivity contribution is 7.09. The first-order valence-electron chi connectivity index (χ1n) is 8.09. The summed E-state index contributed by atoms with van der Waals surface area (Å²) in [5, 5.41) is 8.86. The standard InChI is InChI=1S/C17H20FN5OS/c1-11-16(25-10-21-11)9-23-7-13(18)4-14(23)8-22(2)17(24)15-3-12(5-19)6-20-15/h3,6,10,13-14,20H,4,7-9H2,1-2H3/t13-,14-/m0/s1. The number of nitrogens with zero attached hydrogens (tertiary/aromatic N) is 4. The zero-order valence-corrected chi connectivity index (χ0v) is 15.0. The third-order valence-electron chi connectivity index (χ3n) is 4.54. The van der Waals surface area contributed by atoms with Gasteiger partial charge < -0.3 is 9.88 Å². The van der Waals surface area contributed by atoms with Crippen LogP contribution in [0.3, 0.4) is 0 Å². The second-order valence-electron chi connectivity index (χ2n) is 6.38. The van der Waals surface area contributed by atoms with Crippen molar-refractivity contribution in [2.75, 3.05) is 20.1 Å². The highest BCUT2D eigenvalue weighted by Crippen LogP contribution is 2.26. The summed E-state index contributed by atoms with van der Waals surface area (Å²) in [7, 11) is 1.71. The molecule has 8 heteroatoms. The quantitative estimate of drug-likeness (QED) is 0.887. The summed E-state index contributed by atoms with van der Waals surface area (Å²) in [5.74, 6) is -0.197. The van der Waals surface area contributed by atoms with Crippen LogP contribution in [0.15, 0.2) is 17.8 Å². The number of hydrogen-bond acceptors (Lipinski definition) is 5. The normalized spacial score (nSPS) is 20.6. The lowest BCUT2D eigenvalue weighted by Crippen LogP contribution is -2.41. The van der Waals surface area contributed by atoms with Crippen LogP contribution >= 0.6 is 11.3 Å². The van der Waals surface area contributed by atoms with E-state index in [0.29, 0.717) is 37.3 Å². The summed E-state index contributed by atoms with van der Waals surface area (Å²) in [6, 6.07) is 3.49. The number of H-pyrrole nitrogens is 1. The maximum Gasteiger partial charge on any atom is 0.270 e. The minimum absolute atomic E-state index is 0.0316. The molecule has 1 saturated heterocycles. The van der Waals surface area contributed by atoms with Gasteiger partial charge in [0.1, 0.15) is 17.9 Å². The van der Waals surface area contributed by atoms with Gasteiger partial charge in [-0.2, -0.15) is 5.26 Å². The van der Waals surface area contributed by atoms with Gasteiger partial charge in [-0.05, 0) is 19.4 Å². The summed E-state index contributed by atoms with van der Waals surface area (Å²) < 4.78 is 14.0. The van der Waals surface area contributed by atoms with E-state index in [4.69, 9.17) is 5.26 Å². The first-order chi connectivity index (χ1) is 12.0. The minimum Gasteiger partial charge on any atom is -0.356 e. The molecule has 0 aromatic carbocycles. The Labute approximate surface area is 149 Å². The molecule has 1 aliphatic heterocycles. The predicted molar refractivity (Wildman–Crippen MR) is 93.0 cm³/mol. The van der Waals surface area contributed by atoms with Crippen LogP contribution in [0.2, 0.25) is 0 Å². The van der Waals surface area contributed by atoms with Gasteiger partial charge in [0.05, 0.1) is 16.8 Å². The number of likely N-dealkylation sites (N-methyl/N-ethyl adjacent to an activating group) is 1. The van der Waals surface area contributed by atoms with Gasteiger partial charge in [-0.15, -0.1) is 11.3 Å². The van der Waals surface area contributed by atoms with Crippen LogP contribution in [-0.2, 0) is 6.54 Å². The summed E-state index contributed by atoms with van der Waals surface area (Å²) >= 11 is 1.58. The van der Waals surface area contributed by atoms with Crippen molar-refractivity contribution >= 4 is 17.2 Å². The van der Waals surface area contributed by atoms with Crippen molar-refractivity contribution in [3.63, 3.8) is 0 Å². The zero-order valence-electron chi connectivity index (χ0n) is 14.2. The van der Waals surface area contributed by atoms with E-state index >= 15 is 0 Å². The van der Waals surface area contributed by atoms with E-state index < -0.39 is 6.17 Å². The molecule has 0 unspecified atom stereocenters. The summed E-state index contributed by atoms with van der Waals surface area (Å²) in [4.78, 5) is 24.4. The van der Waals surface area contributed by atoms with Crippen LogP contribution < -0.4 is 0 Å². The topological polar surface area (TPSA) is 76.0 Å². The fraction of sp³-hybridized carbons (Fsp3) is 0.471. The predicted octanol–water partition coefficient (Wildman–Crippen LogP) is 2.34. The van der Waals surface area contributed by atoms with Gasteiger partial charge in [0, 0.05) is 43.8 Å². The average molecular weight is 361 g/mol. The number of halogens is 1. The smallest absolute Gasteiger partial charge is 0.270 e. The van der Waals surface area contributed by atoms with Crippen LogP contribution in [0, 0.1) is 18.3 Å². The Bertz CT molecular complexity index is 795. The van der Waals surface area contributed by atoms with Crippen molar-refractivity contribution < 1.29 is 9.18 Å². The first kappa shape index (κ1) is 17.6. The van der Waals surface area contributed by atoms with Gasteiger partial charge in [0.15, 0.2) is 0 Å². The van der Waals surface area contributed by atoms with Crippen LogP contribution in [-0.4, -0.2) is 58.0 Å². The number of amides is 1. The van der Waals surface area contributed by atoms with E-state index in [1.54, 1.807) is 28.8 Å². The molecule has 2 aromatic heterocycles. The summed E-state index contributed by atoms with van der Waals surface area (Å²) in [6.07, 6.45) is 1.05. The van der Waals surface area contributed by atoms with Crippen molar-refractivity contribution in [1.29, 1.82) is 5.26 Å². The molecular formula is C17H20FN5OS. The number of hydrogen-bond donors (Lipinski definition) is 1. The Hall–Kier alpha value is -2.24. The van der Waals surface area contributed by atoms with Gasteiger partial charge >= 0.3 is 0 Å². The van der Waals surface area contributed by atoms with Gasteiger partial charge in [-0.25, -0.2) is 9.37 Å². The molecule has 3 heterocycles. The molecule has 1 fully saturated rings. The third kappa shape index (κ3) is 3.89. The number of nitrogens with one attached hydrogen (secondary N) is 1. The van der Waals surface area contributed by atoms with Crippen LogP contribution in [0.4, 0.5) is 4.39 Å². The molecule has 132 valence electrons. The van der Waals surface area contributed by atoms with Crippen LogP contribution in [0.25, 0.3) is 0 Å². The van der Waals surface area contributed by atoms with Crippen LogP contribution in [0.5, 0.6) is 0 Å². The van der Waals surface area contributed by atoms with Gasteiger partial charge in [0.2, 0.25) is 0 Å². The molecule has 6 nitrogen and oxygen atoms in total. The van der Waals surface area contributed by atoms with E-state index in [1.165, 1.54) is 12.3 Å². The van der Waals surface area contributed by atoms with Gasteiger partial charge in [0.25, 0.3) is 5.91 Å². The third-order valence-corrected chi connectivity index (χ3v) is 5.46. The van der Waals surface area contributed by atoms with E-state index in [9.17, 15) is 9.18 Å². The SMILES string of the molecule is Cc1ncsc1CN1C[C@@H](F)C[C@H]1CN(C)C(=O)c1cc(C#N)c[nH]1. The number of aromatic amines is 1. The molecule has 2 aromatic rings. The van der Waals surface area contributed by atoms with E-state index in [1.807, 2.05) is 13.0 Å². The highest BCUT2D eigenvalue weighted by atomic mass is 32.1. The molecule has 1 amide bonds. The van der Waals surface area contributed by atoms with E-state index in [-0.39, 0.29) is 11.9 Å². The van der Waals surface area contributed by atoms with Gasteiger partial charge in [-0.1, -0.05) is 0 Å². The Balaban J connectivity index is 1.66. The number of likely N-dealkylation sites (tertiary alicyclic amines) is 1. The molecule has 25 heavy (non-hydrogen) atoms. The number of rotatable bonds is 5. The number of alkyl halides is 1. The highest BCUT2D eigenvalue weighted by Gasteiger charge is 2.34. The molecule has 0 saturated carbocycles. The lowest BCUT2D eigenvalue weighted by Gasteiger charge is -2.28. The fourth-order valence-electron chi connectivity index (χ4n) is 3.16. The molecule has 2 atom stereocenters. The molecule has 1 aliphatic rings. The number of aromatic nitrogens is 2.